The Hall–Kier alpha value is -0.440. The Balaban J connectivity index is 2.38. The van der Waals surface area contributed by atoms with Crippen molar-refractivity contribution in [3.05, 3.63) is 17.0 Å². The molecule has 2 heterocycles. The summed E-state index contributed by atoms with van der Waals surface area (Å²) in [5.74, 6) is 2.39. The summed E-state index contributed by atoms with van der Waals surface area (Å²) in [7, 11) is 0. The number of nitrogens with one attached hydrogen (secondary N) is 1. The van der Waals surface area contributed by atoms with Gasteiger partial charge in [-0.15, -0.1) is 0 Å². The molecular formula is C8H12N2S. The third-order valence-corrected chi connectivity index (χ3v) is 3.10. The monoisotopic (exact) mass is 168 g/mol. The molecule has 3 heteroatoms. The molecule has 0 radical (unpaired) electrons. The molecule has 0 fully saturated rings. The predicted molar refractivity (Wildman–Crippen MR) is 47.8 cm³/mol. The molecule has 0 atom stereocenters. The number of fused-ring (bicyclic) bond motifs is 1. The number of aromatic amines is 1. The summed E-state index contributed by atoms with van der Waals surface area (Å²) in [5, 5.41) is 7.38. The maximum Gasteiger partial charge on any atom is 0.0654 e. The highest BCUT2D eigenvalue weighted by Crippen LogP contribution is 2.24. The first-order valence-electron chi connectivity index (χ1n) is 4.04. The van der Waals surface area contributed by atoms with E-state index >= 15 is 0 Å². The lowest BCUT2D eigenvalue weighted by Crippen LogP contribution is -2.01. The van der Waals surface area contributed by atoms with Crippen LogP contribution in [0.15, 0.2) is 0 Å². The van der Waals surface area contributed by atoms with Gasteiger partial charge in [-0.25, -0.2) is 0 Å². The number of rotatable bonds is 1. The molecule has 1 N–H and O–H groups in total. The number of aryl methyl sites for hydroxylation is 1. The third kappa shape index (κ3) is 1.18. The minimum absolute atomic E-state index is 1.07. The van der Waals surface area contributed by atoms with E-state index in [2.05, 4.69) is 17.1 Å². The van der Waals surface area contributed by atoms with Crippen molar-refractivity contribution in [2.75, 3.05) is 5.75 Å². The van der Waals surface area contributed by atoms with Crippen LogP contribution in [0.25, 0.3) is 0 Å². The van der Waals surface area contributed by atoms with Crippen LogP contribution in [0.1, 0.15) is 23.9 Å². The molecule has 2 rings (SSSR count). The van der Waals surface area contributed by atoms with Gasteiger partial charge >= 0.3 is 0 Å². The van der Waals surface area contributed by atoms with Gasteiger partial charge in [0.05, 0.1) is 5.69 Å². The Bertz CT molecular complexity index is 241. The Labute approximate surface area is 70.8 Å². The molecule has 11 heavy (non-hydrogen) atoms. The van der Waals surface area contributed by atoms with Gasteiger partial charge < -0.3 is 0 Å². The summed E-state index contributed by atoms with van der Waals surface area (Å²) in [4.78, 5) is 0. The van der Waals surface area contributed by atoms with Crippen LogP contribution < -0.4 is 0 Å². The van der Waals surface area contributed by atoms with Crippen molar-refractivity contribution < 1.29 is 0 Å². The average Bonchev–Trinajstić information content (AvgIpc) is 2.47. The van der Waals surface area contributed by atoms with Crippen molar-refractivity contribution in [3.63, 3.8) is 0 Å². The van der Waals surface area contributed by atoms with E-state index in [1.54, 1.807) is 0 Å². The first kappa shape index (κ1) is 7.22. The second-order valence-corrected chi connectivity index (χ2v) is 3.89. The molecule has 1 aromatic heterocycles. The molecule has 0 aliphatic carbocycles. The summed E-state index contributed by atoms with van der Waals surface area (Å²) in [5.41, 5.74) is 4.13. The molecule has 0 saturated heterocycles. The molecular weight excluding hydrogens is 156 g/mol. The fourth-order valence-electron chi connectivity index (χ4n) is 1.50. The van der Waals surface area contributed by atoms with Crippen LogP contribution in [0.4, 0.5) is 0 Å². The summed E-state index contributed by atoms with van der Waals surface area (Å²) >= 11 is 1.99. The van der Waals surface area contributed by atoms with Crippen LogP contribution in [0.2, 0.25) is 0 Å². The molecule has 0 aromatic carbocycles. The maximum absolute atomic E-state index is 4.28. The minimum Gasteiger partial charge on any atom is -0.281 e. The van der Waals surface area contributed by atoms with Gasteiger partial charge in [0, 0.05) is 11.4 Å². The Morgan fingerprint density at radius 3 is 3.36 bits per heavy atom. The van der Waals surface area contributed by atoms with E-state index in [-0.39, 0.29) is 0 Å². The van der Waals surface area contributed by atoms with Gasteiger partial charge in [0.2, 0.25) is 0 Å². The number of hydrogen-bond donors (Lipinski definition) is 1. The summed E-state index contributed by atoms with van der Waals surface area (Å²) in [6.07, 6.45) is 2.27. The van der Waals surface area contributed by atoms with E-state index < -0.39 is 0 Å². The normalized spacial score (nSPS) is 16.5. The summed E-state index contributed by atoms with van der Waals surface area (Å²) in [6.45, 7) is 2.16. The molecule has 2 nitrogen and oxygen atoms in total. The SMILES string of the molecule is CCc1n[nH]c2c1CCSC2. The third-order valence-electron chi connectivity index (χ3n) is 2.12. The standard InChI is InChI=1S/C8H12N2S/c1-2-7-6-3-4-11-5-8(6)10-9-7/h2-5H2,1H3,(H,9,10). The maximum atomic E-state index is 4.28. The summed E-state index contributed by atoms with van der Waals surface area (Å²) < 4.78 is 0. The van der Waals surface area contributed by atoms with E-state index in [0.29, 0.717) is 0 Å². The number of aromatic nitrogens is 2. The van der Waals surface area contributed by atoms with Crippen molar-refractivity contribution >= 4 is 11.8 Å². The molecule has 60 valence electrons. The second kappa shape index (κ2) is 2.89. The highest BCUT2D eigenvalue weighted by molar-refractivity contribution is 7.98. The minimum atomic E-state index is 1.07. The first-order chi connectivity index (χ1) is 5.42. The number of hydrogen-bond acceptors (Lipinski definition) is 2. The van der Waals surface area contributed by atoms with E-state index in [1.807, 2.05) is 11.8 Å². The van der Waals surface area contributed by atoms with Gasteiger partial charge in [0.1, 0.15) is 0 Å². The van der Waals surface area contributed by atoms with E-state index in [1.165, 1.54) is 29.1 Å². The Kier molecular flexibility index (Phi) is 1.90. The molecule has 1 aromatic rings. The number of nitrogens with zero attached hydrogens (tertiary/aromatic N) is 1. The molecule has 0 unspecified atom stereocenters. The van der Waals surface area contributed by atoms with Crippen LogP contribution in [0.5, 0.6) is 0 Å². The second-order valence-electron chi connectivity index (χ2n) is 2.78. The Morgan fingerprint density at radius 2 is 2.55 bits per heavy atom. The quantitative estimate of drug-likeness (QED) is 0.692. The van der Waals surface area contributed by atoms with Gasteiger partial charge in [-0.05, 0) is 24.2 Å². The predicted octanol–water partition coefficient (Wildman–Crippen LogP) is 1.76. The fourth-order valence-corrected chi connectivity index (χ4v) is 2.44. The van der Waals surface area contributed by atoms with Crippen LogP contribution in [-0.2, 0) is 18.6 Å². The molecule has 0 saturated carbocycles. The highest BCUT2D eigenvalue weighted by Gasteiger charge is 2.14. The van der Waals surface area contributed by atoms with Gasteiger partial charge in [-0.3, -0.25) is 5.10 Å². The molecule has 0 bridgehead atoms. The van der Waals surface area contributed by atoms with Crippen LogP contribution in [0, 0.1) is 0 Å². The zero-order valence-electron chi connectivity index (χ0n) is 6.68. The first-order valence-corrected chi connectivity index (χ1v) is 5.20. The van der Waals surface area contributed by atoms with Crippen LogP contribution >= 0.6 is 11.8 Å². The number of thioether (sulfide) groups is 1. The van der Waals surface area contributed by atoms with Crippen LogP contribution in [-0.4, -0.2) is 16.0 Å². The van der Waals surface area contributed by atoms with Crippen molar-refractivity contribution in [2.24, 2.45) is 0 Å². The van der Waals surface area contributed by atoms with E-state index in [9.17, 15) is 0 Å². The smallest absolute Gasteiger partial charge is 0.0654 e. The van der Waals surface area contributed by atoms with Crippen molar-refractivity contribution in [2.45, 2.75) is 25.5 Å². The molecule has 1 aliphatic rings. The molecule has 1 aliphatic heterocycles. The highest BCUT2D eigenvalue weighted by atomic mass is 32.2. The average molecular weight is 168 g/mol. The van der Waals surface area contributed by atoms with Crippen molar-refractivity contribution in [1.82, 2.24) is 10.2 Å². The van der Waals surface area contributed by atoms with E-state index in [4.69, 9.17) is 0 Å². The fraction of sp³-hybridized carbons (Fsp3) is 0.625. The largest absolute Gasteiger partial charge is 0.281 e. The van der Waals surface area contributed by atoms with Gasteiger partial charge in [-0.2, -0.15) is 16.9 Å². The lowest BCUT2D eigenvalue weighted by atomic mass is 10.1. The molecule has 0 spiro atoms. The van der Waals surface area contributed by atoms with Crippen molar-refractivity contribution in [3.8, 4) is 0 Å². The Morgan fingerprint density at radius 1 is 1.64 bits per heavy atom. The van der Waals surface area contributed by atoms with E-state index in [0.717, 1.165) is 12.2 Å². The van der Waals surface area contributed by atoms with Gasteiger partial charge in [0.15, 0.2) is 0 Å². The lowest BCUT2D eigenvalue weighted by Gasteiger charge is -2.09. The van der Waals surface area contributed by atoms with Crippen molar-refractivity contribution in [1.29, 1.82) is 0 Å². The number of H-pyrrole nitrogens is 1. The molecule has 0 amide bonds. The van der Waals surface area contributed by atoms with Gasteiger partial charge in [0.25, 0.3) is 0 Å². The topological polar surface area (TPSA) is 28.7 Å². The zero-order valence-corrected chi connectivity index (χ0v) is 7.50. The van der Waals surface area contributed by atoms with Gasteiger partial charge in [-0.1, -0.05) is 6.92 Å². The lowest BCUT2D eigenvalue weighted by molar-refractivity contribution is 0.955. The zero-order chi connectivity index (χ0) is 7.68. The summed E-state index contributed by atoms with van der Waals surface area (Å²) in [6, 6.07) is 0. The van der Waals surface area contributed by atoms with Crippen LogP contribution in [0.3, 0.4) is 0 Å².